The van der Waals surface area contributed by atoms with Crippen LogP contribution >= 0.6 is 0 Å². The Bertz CT molecular complexity index is 1310. The van der Waals surface area contributed by atoms with Crippen molar-refractivity contribution in [2.75, 3.05) is 65.9 Å². The largest absolute Gasteiger partial charge is 0.460 e. The van der Waals surface area contributed by atoms with Gasteiger partial charge in [0.25, 0.3) is 0 Å². The molecule has 3 aliphatic heterocycles. The van der Waals surface area contributed by atoms with Crippen LogP contribution in [-0.2, 0) is 28.5 Å². The molecule has 0 spiro atoms. The highest BCUT2D eigenvalue weighted by Gasteiger charge is 2.55. The Morgan fingerprint density at radius 2 is 1.51 bits per heavy atom. The number of morpholine rings is 1. The molecule has 3 saturated carbocycles. The maximum atomic E-state index is 13.1. The quantitative estimate of drug-likeness (QED) is 0.0791. The molecule has 7 heteroatoms. The van der Waals surface area contributed by atoms with Crippen molar-refractivity contribution in [3.63, 3.8) is 0 Å². The van der Waals surface area contributed by atoms with Crippen molar-refractivity contribution in [1.29, 1.82) is 0 Å². The minimum absolute atomic E-state index is 0.00986. The summed E-state index contributed by atoms with van der Waals surface area (Å²) in [5, 5.41) is 0. The monoisotopic (exact) mass is 852 g/mol. The molecule has 0 aromatic heterocycles. The molecule has 2 unspecified atom stereocenters. The number of esters is 1. The second-order valence-electron chi connectivity index (χ2n) is 21.3. The predicted molar refractivity (Wildman–Crippen MR) is 250 cm³/mol. The summed E-state index contributed by atoms with van der Waals surface area (Å²) >= 11 is 0. The number of unbranched alkanes of at least 4 members (excludes halogenated alkanes) is 5. The first-order valence-corrected chi connectivity index (χ1v) is 26.5. The van der Waals surface area contributed by atoms with Crippen LogP contribution in [0.15, 0.2) is 23.3 Å². The van der Waals surface area contributed by atoms with E-state index in [1.165, 1.54) is 135 Å². The minimum atomic E-state index is -0.235. The first-order valence-electron chi connectivity index (χ1n) is 26.5. The van der Waals surface area contributed by atoms with E-state index in [1.807, 2.05) is 5.57 Å². The lowest BCUT2D eigenvalue weighted by Gasteiger charge is -2.55. The topological polar surface area (TPSA) is 66.5 Å². The van der Waals surface area contributed by atoms with Gasteiger partial charge >= 0.3 is 5.97 Å². The summed E-state index contributed by atoms with van der Waals surface area (Å²) in [6.45, 7) is 16.2. The third-order valence-corrected chi connectivity index (χ3v) is 16.7. The molecule has 0 aromatic rings. The van der Waals surface area contributed by atoms with E-state index >= 15 is 0 Å². The van der Waals surface area contributed by atoms with Crippen LogP contribution in [-0.4, -0.2) is 89.0 Å². The van der Waals surface area contributed by atoms with Gasteiger partial charge in [0.2, 0.25) is 0 Å². The summed E-state index contributed by atoms with van der Waals surface area (Å²) in [5.41, 5.74) is 3.73. The number of nitrogens with zero attached hydrogens (tertiary/aromatic N) is 1. The highest BCUT2D eigenvalue weighted by atomic mass is 16.6. The standard InChI is InChI=1S/C54H93NO6/c1-5-6-7-8-12-15-20-43-21-16-13-10-9-11-14-17-33-58-40-46(39-55-31-34-57-35-32-55)60-37-36-59-41-53(56)61-45-29-30-54(4)44(38-45)23-24-51-50-26-25-48(49(50)27-28-52(51)54)47(43)22-18-19-42(2)3/h21,23,42,45-52H,5-20,22,24-41H2,1-4H3/b43-21+/t45-,46?,47-,48+,49?,50+,51-,52-,54-/m0/s1. The van der Waals surface area contributed by atoms with Crippen molar-refractivity contribution in [2.24, 2.45) is 46.8 Å². The molecule has 4 aliphatic carbocycles. The Balaban J connectivity index is 1.13. The number of rotatable bonds is 13. The van der Waals surface area contributed by atoms with Crippen LogP contribution in [0.3, 0.4) is 0 Å². The summed E-state index contributed by atoms with van der Waals surface area (Å²) in [6, 6.07) is 0. The average Bonchev–Trinajstić information content (AvgIpc) is 3.69. The van der Waals surface area contributed by atoms with Gasteiger partial charge in [-0.1, -0.05) is 122 Å². The molecule has 7 aliphatic rings. The van der Waals surface area contributed by atoms with Crippen LogP contribution in [0.2, 0.25) is 0 Å². The second kappa shape index (κ2) is 26.6. The van der Waals surface area contributed by atoms with Gasteiger partial charge in [-0.2, -0.15) is 0 Å². The van der Waals surface area contributed by atoms with Crippen molar-refractivity contribution in [2.45, 2.75) is 200 Å². The maximum Gasteiger partial charge on any atom is 0.332 e. The third-order valence-electron chi connectivity index (χ3n) is 16.7. The average molecular weight is 852 g/mol. The number of hydrogen-bond acceptors (Lipinski definition) is 7. The molecule has 0 radical (unpaired) electrons. The van der Waals surface area contributed by atoms with Crippen LogP contribution in [0.25, 0.3) is 0 Å². The summed E-state index contributed by atoms with van der Waals surface area (Å²) in [4.78, 5) is 15.5. The molecule has 0 amide bonds. The molecule has 3 heterocycles. The Labute approximate surface area is 374 Å². The van der Waals surface area contributed by atoms with Crippen molar-refractivity contribution >= 4 is 5.97 Å². The number of carbonyl (C=O) groups excluding carboxylic acids is 1. The van der Waals surface area contributed by atoms with Gasteiger partial charge in [-0.05, 0) is 130 Å². The summed E-state index contributed by atoms with van der Waals surface area (Å²) in [5.74, 6) is 5.62. The number of fused-ring (bicyclic) bond motifs is 21. The molecular weight excluding hydrogens is 759 g/mol. The van der Waals surface area contributed by atoms with Gasteiger partial charge in [0, 0.05) is 32.7 Å². The highest BCUT2D eigenvalue weighted by molar-refractivity contribution is 5.71. The molecule has 61 heavy (non-hydrogen) atoms. The van der Waals surface area contributed by atoms with Crippen LogP contribution < -0.4 is 0 Å². The van der Waals surface area contributed by atoms with E-state index in [2.05, 4.69) is 44.7 Å². The van der Waals surface area contributed by atoms with Crippen molar-refractivity contribution in [1.82, 2.24) is 4.90 Å². The predicted octanol–water partition coefficient (Wildman–Crippen LogP) is 12.7. The van der Waals surface area contributed by atoms with Crippen LogP contribution in [0.4, 0.5) is 0 Å². The Hall–Kier alpha value is -1.25. The van der Waals surface area contributed by atoms with Crippen molar-refractivity contribution in [3.8, 4) is 0 Å². The molecule has 4 fully saturated rings. The number of carbonyl (C=O) groups is 1. The smallest absolute Gasteiger partial charge is 0.332 e. The van der Waals surface area contributed by atoms with E-state index in [4.69, 9.17) is 23.7 Å². The summed E-state index contributed by atoms with van der Waals surface area (Å²) < 4.78 is 30.0. The first kappa shape index (κ1) is 49.2. The minimum Gasteiger partial charge on any atom is -0.460 e. The van der Waals surface area contributed by atoms with E-state index in [0.29, 0.717) is 19.8 Å². The third kappa shape index (κ3) is 15.2. The molecular formula is C54H93NO6. The number of hydrogen-bond donors (Lipinski definition) is 0. The van der Waals surface area contributed by atoms with Crippen LogP contribution in [0, 0.1) is 46.8 Å². The van der Waals surface area contributed by atoms with E-state index in [9.17, 15) is 4.79 Å². The first-order chi connectivity index (χ1) is 29.9. The van der Waals surface area contributed by atoms with E-state index in [0.717, 1.165) is 107 Å². The molecule has 0 N–H and O–H groups in total. The van der Waals surface area contributed by atoms with Gasteiger partial charge in [0.15, 0.2) is 0 Å². The van der Waals surface area contributed by atoms with E-state index in [-0.39, 0.29) is 30.2 Å². The normalized spacial score (nSPS) is 35.5. The van der Waals surface area contributed by atoms with Gasteiger partial charge in [-0.25, -0.2) is 4.79 Å². The molecule has 7 rings (SSSR count). The second-order valence-corrected chi connectivity index (χ2v) is 21.3. The number of allylic oxidation sites excluding steroid dienone is 3. The van der Waals surface area contributed by atoms with Gasteiger partial charge < -0.3 is 23.7 Å². The zero-order chi connectivity index (χ0) is 42.7. The molecule has 7 nitrogen and oxygen atoms in total. The lowest BCUT2D eigenvalue weighted by atomic mass is 9.50. The lowest BCUT2D eigenvalue weighted by molar-refractivity contribution is -0.157. The van der Waals surface area contributed by atoms with Gasteiger partial charge in [-0.3, -0.25) is 4.90 Å². The fourth-order valence-electron chi connectivity index (χ4n) is 13.3. The Morgan fingerprint density at radius 1 is 0.754 bits per heavy atom. The fourth-order valence-corrected chi connectivity index (χ4v) is 13.3. The molecule has 0 aromatic carbocycles. The zero-order valence-corrected chi connectivity index (χ0v) is 40.0. The molecule has 9 atom stereocenters. The van der Waals surface area contributed by atoms with Gasteiger partial charge in [0.05, 0.1) is 39.1 Å². The van der Waals surface area contributed by atoms with Crippen molar-refractivity contribution in [3.05, 3.63) is 23.3 Å². The van der Waals surface area contributed by atoms with Crippen LogP contribution in [0.5, 0.6) is 0 Å². The fraction of sp³-hybridized carbons (Fsp3) is 0.907. The molecule has 5 bridgehead atoms. The lowest BCUT2D eigenvalue weighted by Crippen LogP contribution is -2.48. The molecule has 350 valence electrons. The van der Waals surface area contributed by atoms with Gasteiger partial charge in [0.1, 0.15) is 12.7 Å². The SMILES string of the molecule is CCCCCCCC/C1=C\CCCCCCCCOCC(CN2CCOCC2)OCCOCC(=O)O[C@H]2CC[C@@]3(C)C(=CC[C@H]4[C@@H]5CC[C@@H](C5CC[C@@H]43)[C@H]1CCCC(C)C)C2. The summed E-state index contributed by atoms with van der Waals surface area (Å²) in [7, 11) is 0. The number of ether oxygens (including phenoxy) is 5. The van der Waals surface area contributed by atoms with Crippen LogP contribution in [0.1, 0.15) is 188 Å². The molecule has 1 saturated heterocycles. The highest BCUT2D eigenvalue weighted by Crippen LogP contribution is 2.63. The van der Waals surface area contributed by atoms with Crippen molar-refractivity contribution < 1.29 is 28.5 Å². The van der Waals surface area contributed by atoms with Gasteiger partial charge in [-0.15, -0.1) is 0 Å². The zero-order valence-electron chi connectivity index (χ0n) is 40.0. The van der Waals surface area contributed by atoms with E-state index in [1.54, 1.807) is 5.57 Å². The Kier molecular flexibility index (Phi) is 21.5. The Morgan fingerprint density at radius 3 is 2.34 bits per heavy atom. The summed E-state index contributed by atoms with van der Waals surface area (Å²) in [6.07, 6.45) is 38.2. The van der Waals surface area contributed by atoms with E-state index < -0.39 is 0 Å². The maximum absolute atomic E-state index is 13.1.